The van der Waals surface area contributed by atoms with Gasteiger partial charge in [0.1, 0.15) is 11.0 Å². The number of ether oxygens (including phenoxy) is 1. The number of nitrogens with one attached hydrogen (secondary N) is 1. The van der Waals surface area contributed by atoms with Crippen molar-refractivity contribution >= 4 is 58.5 Å². The first-order valence-corrected chi connectivity index (χ1v) is 11.7. The second-order valence-electron chi connectivity index (χ2n) is 7.31. The van der Waals surface area contributed by atoms with E-state index in [0.29, 0.717) is 15.4 Å². The Kier molecular flexibility index (Phi) is 5.11. The summed E-state index contributed by atoms with van der Waals surface area (Å²) in [7, 11) is 1.58. The van der Waals surface area contributed by atoms with Crippen LogP contribution >= 0.6 is 35.3 Å². The van der Waals surface area contributed by atoms with Gasteiger partial charge >= 0.3 is 0 Å². The van der Waals surface area contributed by atoms with Gasteiger partial charge in [-0.3, -0.25) is 19.7 Å². The molecular formula is C21H15N3O5S3. The number of aromatic nitrogens is 1. The van der Waals surface area contributed by atoms with E-state index in [1.165, 1.54) is 47.4 Å². The molecule has 8 nitrogen and oxygen atoms in total. The van der Waals surface area contributed by atoms with Crippen LogP contribution in [0.3, 0.4) is 0 Å². The van der Waals surface area contributed by atoms with E-state index in [1.807, 2.05) is 24.3 Å². The molecule has 1 fully saturated rings. The molecule has 3 aromatic rings. The van der Waals surface area contributed by atoms with E-state index in [9.17, 15) is 19.7 Å². The number of carbonyl (C=O) groups excluding carboxylic acids is 2. The van der Waals surface area contributed by atoms with Gasteiger partial charge in [-0.2, -0.15) is 0 Å². The number of non-ortho nitro benzene ring substituents is 1. The number of H-pyrrole nitrogens is 1. The number of hydrogen-bond donors (Lipinski definition) is 1. The SMILES string of the molecule is COc1ccc([C@@H]2c3sc(=S)[nH]c3S[C@H]3C(=O)N(c4ccc([N+](=O)[O-])cc4)C(=O)[C@H]23)cc1. The number of benzene rings is 2. The average Bonchev–Trinajstić information content (AvgIpc) is 3.28. The van der Waals surface area contributed by atoms with Crippen molar-refractivity contribution in [3.63, 3.8) is 0 Å². The van der Waals surface area contributed by atoms with Gasteiger partial charge in [0.15, 0.2) is 3.95 Å². The average molecular weight is 486 g/mol. The predicted octanol–water partition coefficient (Wildman–Crippen LogP) is 4.52. The number of hydrogen-bond acceptors (Lipinski definition) is 8. The van der Waals surface area contributed by atoms with Gasteiger partial charge < -0.3 is 9.72 Å². The van der Waals surface area contributed by atoms with E-state index in [0.717, 1.165) is 20.4 Å². The van der Waals surface area contributed by atoms with Crippen molar-refractivity contribution < 1.29 is 19.2 Å². The monoisotopic (exact) mass is 485 g/mol. The highest BCUT2D eigenvalue weighted by Crippen LogP contribution is 2.54. The maximum Gasteiger partial charge on any atom is 0.269 e. The van der Waals surface area contributed by atoms with Crippen molar-refractivity contribution in [2.45, 2.75) is 16.2 Å². The van der Waals surface area contributed by atoms with E-state index in [1.54, 1.807) is 7.11 Å². The number of anilines is 1. The largest absolute Gasteiger partial charge is 0.497 e. The van der Waals surface area contributed by atoms with Gasteiger partial charge in [-0.1, -0.05) is 23.9 Å². The minimum absolute atomic E-state index is 0.106. The van der Waals surface area contributed by atoms with Crippen LogP contribution in [0.4, 0.5) is 11.4 Å². The first-order chi connectivity index (χ1) is 15.4. The van der Waals surface area contributed by atoms with E-state index < -0.39 is 16.1 Å². The summed E-state index contributed by atoms with van der Waals surface area (Å²) in [4.78, 5) is 42.6. The van der Waals surface area contributed by atoms with Gasteiger partial charge in [0, 0.05) is 22.9 Å². The number of thiazole rings is 1. The third-order valence-electron chi connectivity index (χ3n) is 5.62. The molecule has 5 rings (SSSR count). The summed E-state index contributed by atoms with van der Waals surface area (Å²) < 4.78 is 5.85. The molecule has 0 unspecified atom stereocenters. The van der Waals surface area contributed by atoms with Crippen molar-refractivity contribution in [3.8, 4) is 5.75 Å². The van der Waals surface area contributed by atoms with E-state index in [4.69, 9.17) is 17.0 Å². The number of nitro benzene ring substituents is 1. The fourth-order valence-corrected chi connectivity index (χ4v) is 7.13. The topological polar surface area (TPSA) is 106 Å². The molecule has 0 aliphatic carbocycles. The first kappa shape index (κ1) is 20.9. The highest BCUT2D eigenvalue weighted by atomic mass is 32.2. The summed E-state index contributed by atoms with van der Waals surface area (Å²) in [5.41, 5.74) is 1.11. The maximum absolute atomic E-state index is 13.6. The van der Waals surface area contributed by atoms with Crippen LogP contribution in [-0.2, 0) is 9.59 Å². The molecule has 162 valence electrons. The summed E-state index contributed by atoms with van der Waals surface area (Å²) in [6, 6.07) is 12.9. The van der Waals surface area contributed by atoms with Crippen LogP contribution in [-0.4, -0.2) is 34.1 Å². The van der Waals surface area contributed by atoms with Crippen LogP contribution in [0.15, 0.2) is 53.6 Å². The second kappa shape index (κ2) is 7.84. The molecule has 1 aromatic heterocycles. The lowest BCUT2D eigenvalue weighted by atomic mass is 9.83. The Balaban J connectivity index is 1.59. The van der Waals surface area contributed by atoms with E-state index in [-0.39, 0.29) is 23.4 Å². The number of aromatic amines is 1. The Morgan fingerprint density at radius 3 is 2.41 bits per heavy atom. The molecule has 11 heteroatoms. The molecule has 0 saturated carbocycles. The van der Waals surface area contributed by atoms with Crippen molar-refractivity contribution in [1.29, 1.82) is 0 Å². The lowest BCUT2D eigenvalue weighted by Gasteiger charge is -2.30. The van der Waals surface area contributed by atoms with Crippen LogP contribution in [0.5, 0.6) is 5.75 Å². The predicted molar refractivity (Wildman–Crippen MR) is 123 cm³/mol. The molecular weight excluding hydrogens is 470 g/mol. The molecule has 1 N–H and O–H groups in total. The third-order valence-corrected chi connectivity index (χ3v) is 8.37. The van der Waals surface area contributed by atoms with E-state index >= 15 is 0 Å². The molecule has 0 bridgehead atoms. The Bertz CT molecular complexity index is 1300. The number of thioether (sulfide) groups is 1. The molecule has 2 aliphatic rings. The molecule has 1 saturated heterocycles. The standard InChI is InChI=1S/C21H15N3O5S3/c1-29-13-8-2-10(3-9-13)14-15-17(31-18-16(14)32-21(30)22-18)20(26)23(19(15)25)11-4-6-12(7-5-11)24(27)28/h2-9,14-15,17H,1H3,(H,22,30)/t14-,15+,17+/m0/s1. The van der Waals surface area contributed by atoms with Crippen LogP contribution in [0.2, 0.25) is 0 Å². The highest BCUT2D eigenvalue weighted by molar-refractivity contribution is 8.01. The summed E-state index contributed by atoms with van der Waals surface area (Å²) in [5, 5.41) is 11.1. The van der Waals surface area contributed by atoms with Crippen molar-refractivity contribution in [2.75, 3.05) is 12.0 Å². The number of imide groups is 1. The maximum atomic E-state index is 13.6. The lowest BCUT2D eigenvalue weighted by molar-refractivity contribution is -0.384. The number of fused-ring (bicyclic) bond motifs is 2. The molecule has 2 amide bonds. The number of carbonyl (C=O) groups is 2. The third kappa shape index (κ3) is 3.24. The number of amides is 2. The van der Waals surface area contributed by atoms with Gasteiger partial charge in [-0.15, -0.1) is 11.3 Å². The fraction of sp³-hybridized carbons (Fsp3) is 0.190. The molecule has 0 radical (unpaired) electrons. The van der Waals surface area contributed by atoms with Crippen molar-refractivity contribution in [3.05, 3.63) is 73.0 Å². The number of nitro groups is 1. The second-order valence-corrected chi connectivity index (χ2v) is 10.2. The molecule has 2 aromatic carbocycles. The Hall–Kier alpha value is -3.02. The minimum atomic E-state index is -0.627. The molecule has 3 heterocycles. The summed E-state index contributed by atoms with van der Waals surface area (Å²) in [6.07, 6.45) is 0. The van der Waals surface area contributed by atoms with Gasteiger partial charge in [-0.05, 0) is 42.0 Å². The molecule has 3 atom stereocenters. The van der Waals surface area contributed by atoms with Crippen molar-refractivity contribution in [1.82, 2.24) is 4.98 Å². The highest BCUT2D eigenvalue weighted by Gasteiger charge is 2.56. The Labute approximate surface area is 195 Å². The Morgan fingerprint density at radius 2 is 1.78 bits per heavy atom. The number of methoxy groups -OCH3 is 1. The minimum Gasteiger partial charge on any atom is -0.497 e. The van der Waals surface area contributed by atoms with Gasteiger partial charge in [0.2, 0.25) is 11.8 Å². The number of rotatable bonds is 4. The van der Waals surface area contributed by atoms with Crippen LogP contribution in [0.25, 0.3) is 0 Å². The van der Waals surface area contributed by atoms with Gasteiger partial charge in [0.25, 0.3) is 5.69 Å². The zero-order valence-electron chi connectivity index (χ0n) is 16.5. The summed E-state index contributed by atoms with van der Waals surface area (Å²) in [5.74, 6) is -0.941. The van der Waals surface area contributed by atoms with Crippen LogP contribution < -0.4 is 9.64 Å². The zero-order chi connectivity index (χ0) is 22.6. The summed E-state index contributed by atoms with van der Waals surface area (Å²) >= 11 is 8.06. The molecule has 2 aliphatic heterocycles. The van der Waals surface area contributed by atoms with Crippen LogP contribution in [0, 0.1) is 20.0 Å². The van der Waals surface area contributed by atoms with Crippen LogP contribution in [0.1, 0.15) is 16.4 Å². The Morgan fingerprint density at radius 1 is 1.09 bits per heavy atom. The van der Waals surface area contributed by atoms with Gasteiger partial charge in [0.05, 0.1) is 28.7 Å². The zero-order valence-corrected chi connectivity index (χ0v) is 19.0. The molecule has 32 heavy (non-hydrogen) atoms. The molecule has 0 spiro atoms. The quantitative estimate of drug-likeness (QED) is 0.251. The van der Waals surface area contributed by atoms with Crippen molar-refractivity contribution in [2.24, 2.45) is 5.92 Å². The first-order valence-electron chi connectivity index (χ1n) is 9.55. The van der Waals surface area contributed by atoms with Gasteiger partial charge in [-0.25, -0.2) is 4.90 Å². The van der Waals surface area contributed by atoms with E-state index in [2.05, 4.69) is 4.98 Å². The summed E-state index contributed by atoms with van der Waals surface area (Å²) in [6.45, 7) is 0. The number of nitrogens with zero attached hydrogens (tertiary/aromatic N) is 2. The fourth-order valence-electron chi connectivity index (χ4n) is 4.17. The lowest BCUT2D eigenvalue weighted by Crippen LogP contribution is -2.32. The normalized spacial score (nSPS) is 21.9. The smallest absolute Gasteiger partial charge is 0.269 e.